The summed E-state index contributed by atoms with van der Waals surface area (Å²) < 4.78 is 49.4. The first-order valence-electron chi connectivity index (χ1n) is 13.2. The van der Waals surface area contributed by atoms with Gasteiger partial charge in [-0.15, -0.1) is 0 Å². The van der Waals surface area contributed by atoms with E-state index in [1.165, 1.54) is 5.56 Å². The molecule has 0 aromatic heterocycles. The zero-order chi connectivity index (χ0) is 28.0. The Kier molecular flexibility index (Phi) is 17.8. The van der Waals surface area contributed by atoms with E-state index in [1.807, 2.05) is 30.3 Å². The second kappa shape index (κ2) is 21.2. The minimum Gasteiger partial charge on any atom is -0.497 e. The van der Waals surface area contributed by atoms with Gasteiger partial charge in [-0.05, 0) is 48.2 Å². The van der Waals surface area contributed by atoms with Gasteiger partial charge in [0.05, 0.1) is 94.0 Å². The van der Waals surface area contributed by atoms with Crippen molar-refractivity contribution >= 4 is 0 Å². The molecule has 0 aliphatic carbocycles. The largest absolute Gasteiger partial charge is 0.497 e. The van der Waals surface area contributed by atoms with Crippen LogP contribution in [0.5, 0.6) is 23.0 Å². The lowest BCUT2D eigenvalue weighted by atomic mass is 10.0. The molecule has 220 valence electrons. The lowest BCUT2D eigenvalue weighted by Crippen LogP contribution is -2.14. The van der Waals surface area contributed by atoms with Crippen LogP contribution in [0.1, 0.15) is 11.1 Å². The number of benzene rings is 2. The van der Waals surface area contributed by atoms with Gasteiger partial charge in [0, 0.05) is 0 Å². The van der Waals surface area contributed by atoms with Gasteiger partial charge in [0.15, 0.2) is 11.5 Å². The van der Waals surface area contributed by atoms with E-state index in [0.717, 1.165) is 24.2 Å². The monoisotopic (exact) mass is 552 g/mol. The van der Waals surface area contributed by atoms with Crippen LogP contribution in [0.4, 0.5) is 0 Å². The summed E-state index contributed by atoms with van der Waals surface area (Å²) in [7, 11) is 4.91. The number of methoxy groups -OCH3 is 3. The molecule has 0 aliphatic rings. The topological polar surface area (TPSA) is 103 Å². The Bertz CT molecular complexity index is 867. The lowest BCUT2D eigenvalue weighted by molar-refractivity contribution is -0.0147. The third-order valence-corrected chi connectivity index (χ3v) is 5.55. The van der Waals surface area contributed by atoms with E-state index in [4.69, 9.17) is 47.7 Å². The average Bonchev–Trinajstić information content (AvgIpc) is 2.97. The molecule has 2 aromatic rings. The molecule has 0 radical (unpaired) electrons. The normalized spacial score (nSPS) is 11.0. The number of aliphatic hydroxyl groups is 1. The van der Waals surface area contributed by atoms with Crippen molar-refractivity contribution in [1.82, 2.24) is 0 Å². The Hall–Kier alpha value is -2.60. The van der Waals surface area contributed by atoms with Crippen LogP contribution in [0.3, 0.4) is 0 Å². The van der Waals surface area contributed by atoms with Crippen molar-refractivity contribution in [2.24, 2.45) is 0 Å². The van der Waals surface area contributed by atoms with Crippen LogP contribution >= 0.6 is 0 Å². The van der Waals surface area contributed by atoms with Gasteiger partial charge in [-0.1, -0.05) is 12.1 Å². The highest BCUT2D eigenvalue weighted by molar-refractivity contribution is 5.54. The first kappa shape index (κ1) is 32.6. The van der Waals surface area contributed by atoms with Crippen LogP contribution < -0.4 is 18.9 Å². The molecular formula is C29H44O10. The van der Waals surface area contributed by atoms with E-state index < -0.39 is 0 Å². The molecule has 39 heavy (non-hydrogen) atoms. The van der Waals surface area contributed by atoms with Gasteiger partial charge in [-0.2, -0.15) is 0 Å². The number of hydrogen-bond donors (Lipinski definition) is 1. The van der Waals surface area contributed by atoms with Crippen molar-refractivity contribution in [3.05, 3.63) is 47.5 Å². The fraction of sp³-hybridized carbons (Fsp3) is 0.586. The van der Waals surface area contributed by atoms with E-state index in [0.29, 0.717) is 89.9 Å². The number of aryl methyl sites for hydroxylation is 2. The molecule has 0 unspecified atom stereocenters. The maximum Gasteiger partial charge on any atom is 0.203 e. The summed E-state index contributed by atoms with van der Waals surface area (Å²) in [5, 5.41) is 8.60. The minimum absolute atomic E-state index is 0.0221. The van der Waals surface area contributed by atoms with E-state index in [-0.39, 0.29) is 6.61 Å². The quantitative estimate of drug-likeness (QED) is 0.196. The van der Waals surface area contributed by atoms with Crippen molar-refractivity contribution in [1.29, 1.82) is 0 Å². The Morgan fingerprint density at radius 3 is 1.51 bits per heavy atom. The third-order valence-electron chi connectivity index (χ3n) is 5.55. The molecule has 0 fully saturated rings. The van der Waals surface area contributed by atoms with Crippen molar-refractivity contribution < 1.29 is 47.7 Å². The van der Waals surface area contributed by atoms with Gasteiger partial charge in [0.25, 0.3) is 0 Å². The molecule has 2 rings (SSSR count). The zero-order valence-electron chi connectivity index (χ0n) is 23.5. The van der Waals surface area contributed by atoms with Gasteiger partial charge in [-0.25, -0.2) is 0 Å². The van der Waals surface area contributed by atoms with Gasteiger partial charge in [-0.3, -0.25) is 0 Å². The smallest absolute Gasteiger partial charge is 0.203 e. The molecule has 0 saturated carbocycles. The van der Waals surface area contributed by atoms with E-state index >= 15 is 0 Å². The molecule has 10 heteroatoms. The third kappa shape index (κ3) is 13.8. The van der Waals surface area contributed by atoms with Crippen LogP contribution in [-0.4, -0.2) is 106 Å². The number of rotatable bonds is 24. The van der Waals surface area contributed by atoms with Crippen LogP contribution in [0.15, 0.2) is 36.4 Å². The van der Waals surface area contributed by atoms with E-state index in [9.17, 15) is 0 Å². The molecule has 10 nitrogen and oxygen atoms in total. The fourth-order valence-electron chi connectivity index (χ4n) is 3.59. The standard InChI is InChI=1S/C29H44O10/c1-31-26-6-4-5-24(21-26)7-8-25-22-27(32-2)29(28(23-25)33-3)39-20-19-38-18-17-37-16-15-36-14-13-35-12-11-34-10-9-30/h4-6,21-23,30H,7-20H2,1-3H3. The van der Waals surface area contributed by atoms with Gasteiger partial charge >= 0.3 is 0 Å². The molecule has 0 saturated heterocycles. The van der Waals surface area contributed by atoms with E-state index in [1.54, 1.807) is 21.3 Å². The summed E-state index contributed by atoms with van der Waals surface area (Å²) in [6, 6.07) is 12.0. The van der Waals surface area contributed by atoms with Crippen LogP contribution in [0.2, 0.25) is 0 Å². The maximum atomic E-state index is 8.60. The van der Waals surface area contributed by atoms with Crippen molar-refractivity contribution in [2.75, 3.05) is 101 Å². The second-order valence-electron chi connectivity index (χ2n) is 8.31. The Morgan fingerprint density at radius 1 is 0.538 bits per heavy atom. The lowest BCUT2D eigenvalue weighted by Gasteiger charge is -2.16. The van der Waals surface area contributed by atoms with Crippen molar-refractivity contribution in [2.45, 2.75) is 12.8 Å². The molecular weight excluding hydrogens is 508 g/mol. The first-order chi connectivity index (χ1) is 19.2. The number of aliphatic hydroxyl groups excluding tert-OH is 1. The highest BCUT2D eigenvalue weighted by Crippen LogP contribution is 2.39. The summed E-state index contributed by atoms with van der Waals surface area (Å²) in [6.45, 7) is 4.94. The number of hydrogen-bond acceptors (Lipinski definition) is 10. The number of ether oxygens (including phenoxy) is 9. The van der Waals surface area contributed by atoms with Gasteiger partial charge in [0.2, 0.25) is 5.75 Å². The van der Waals surface area contributed by atoms with Crippen LogP contribution in [0.25, 0.3) is 0 Å². The highest BCUT2D eigenvalue weighted by Gasteiger charge is 2.14. The van der Waals surface area contributed by atoms with Gasteiger partial charge in [0.1, 0.15) is 12.4 Å². The average molecular weight is 553 g/mol. The zero-order valence-corrected chi connectivity index (χ0v) is 23.5. The fourth-order valence-corrected chi connectivity index (χ4v) is 3.59. The van der Waals surface area contributed by atoms with Crippen molar-refractivity contribution in [3.8, 4) is 23.0 Å². The SMILES string of the molecule is COc1cccc(CCc2cc(OC)c(OCCOCCOCCOCCOCCOCCO)c(OC)c2)c1. The second-order valence-corrected chi connectivity index (χ2v) is 8.31. The first-order valence-corrected chi connectivity index (χ1v) is 13.2. The summed E-state index contributed by atoms with van der Waals surface area (Å²) >= 11 is 0. The molecule has 2 aromatic carbocycles. The summed E-state index contributed by atoms with van der Waals surface area (Å²) in [5.41, 5.74) is 2.29. The molecule has 0 amide bonds. The molecule has 0 spiro atoms. The van der Waals surface area contributed by atoms with Crippen molar-refractivity contribution in [3.63, 3.8) is 0 Å². The Morgan fingerprint density at radius 2 is 1.03 bits per heavy atom. The van der Waals surface area contributed by atoms with E-state index in [2.05, 4.69) is 6.07 Å². The molecule has 1 N–H and O–H groups in total. The van der Waals surface area contributed by atoms with Gasteiger partial charge < -0.3 is 47.7 Å². The van der Waals surface area contributed by atoms with Crippen LogP contribution in [-0.2, 0) is 36.5 Å². The highest BCUT2D eigenvalue weighted by atomic mass is 16.6. The molecule has 0 bridgehead atoms. The maximum absolute atomic E-state index is 8.60. The Labute approximate surface area is 232 Å². The molecule has 0 atom stereocenters. The minimum atomic E-state index is 0.0221. The van der Waals surface area contributed by atoms with Crippen LogP contribution in [0, 0.1) is 0 Å². The predicted octanol–water partition coefficient (Wildman–Crippen LogP) is 2.95. The summed E-state index contributed by atoms with van der Waals surface area (Å²) in [6.07, 6.45) is 1.69. The molecule has 0 heterocycles. The Balaban J connectivity index is 1.58. The predicted molar refractivity (Wildman–Crippen MR) is 147 cm³/mol. The summed E-state index contributed by atoms with van der Waals surface area (Å²) in [4.78, 5) is 0. The molecule has 0 aliphatic heterocycles. The summed E-state index contributed by atoms with van der Waals surface area (Å²) in [5.74, 6) is 2.66.